The highest BCUT2D eigenvalue weighted by atomic mass is 14.9. The van der Waals surface area contributed by atoms with Gasteiger partial charge in [-0.1, -0.05) is 0 Å². The molecule has 0 amide bonds. The first kappa shape index (κ1) is 8.93. The van der Waals surface area contributed by atoms with Gasteiger partial charge in [0.05, 0.1) is 0 Å². The molecule has 16 heavy (non-hydrogen) atoms. The maximum absolute atomic E-state index is 6.76. The quantitative estimate of drug-likeness (QED) is 0.647. The zero-order valence-electron chi connectivity index (χ0n) is 9.86. The first-order valence-electron chi connectivity index (χ1n) is 7.16. The first-order chi connectivity index (χ1) is 7.58. The molecular formula is C14H22N2. The Morgan fingerprint density at radius 1 is 0.812 bits per heavy atom. The molecule has 7 aliphatic rings. The summed E-state index contributed by atoms with van der Waals surface area (Å²) >= 11 is 0. The van der Waals surface area contributed by atoms with Gasteiger partial charge < -0.3 is 11.5 Å². The summed E-state index contributed by atoms with van der Waals surface area (Å²) in [7, 11) is 0. The fourth-order valence-corrected chi connectivity index (χ4v) is 7.07. The fourth-order valence-electron chi connectivity index (χ4n) is 7.07. The van der Waals surface area contributed by atoms with Crippen LogP contribution in [0.25, 0.3) is 0 Å². The Hall–Kier alpha value is -0.0800. The van der Waals surface area contributed by atoms with Crippen LogP contribution in [-0.2, 0) is 0 Å². The molecule has 0 saturated heterocycles. The van der Waals surface area contributed by atoms with E-state index in [1.165, 1.54) is 38.5 Å². The molecule has 7 saturated carbocycles. The molecule has 4 N–H and O–H groups in total. The monoisotopic (exact) mass is 218 g/mol. The van der Waals surface area contributed by atoms with E-state index in [9.17, 15) is 0 Å². The minimum Gasteiger partial charge on any atom is -0.325 e. The van der Waals surface area contributed by atoms with Crippen molar-refractivity contribution in [3.8, 4) is 0 Å². The van der Waals surface area contributed by atoms with E-state index >= 15 is 0 Å². The molecule has 7 rings (SSSR count). The highest BCUT2D eigenvalue weighted by molar-refractivity contribution is 5.23. The summed E-state index contributed by atoms with van der Waals surface area (Å²) in [6, 6.07) is 0. The van der Waals surface area contributed by atoms with Crippen LogP contribution in [0.5, 0.6) is 0 Å². The molecule has 0 aliphatic heterocycles. The van der Waals surface area contributed by atoms with Crippen LogP contribution in [0.1, 0.15) is 38.5 Å². The highest BCUT2D eigenvalue weighted by Gasteiger charge is 2.70. The molecule has 88 valence electrons. The van der Waals surface area contributed by atoms with Gasteiger partial charge in [-0.25, -0.2) is 0 Å². The molecule has 8 bridgehead atoms. The lowest BCUT2D eigenvalue weighted by molar-refractivity contribution is -0.217. The van der Waals surface area contributed by atoms with E-state index in [0.717, 1.165) is 35.5 Å². The number of hydrogen-bond acceptors (Lipinski definition) is 2. The van der Waals surface area contributed by atoms with Crippen molar-refractivity contribution in [1.82, 2.24) is 0 Å². The van der Waals surface area contributed by atoms with Gasteiger partial charge in [-0.15, -0.1) is 0 Å². The van der Waals surface area contributed by atoms with Crippen molar-refractivity contribution in [3.63, 3.8) is 0 Å². The van der Waals surface area contributed by atoms with Gasteiger partial charge in [-0.2, -0.15) is 0 Å². The first-order valence-corrected chi connectivity index (χ1v) is 7.16. The van der Waals surface area contributed by atoms with E-state index < -0.39 is 0 Å². The summed E-state index contributed by atoms with van der Waals surface area (Å²) in [6.07, 6.45) is 8.07. The molecule has 0 heterocycles. The molecule has 0 spiro atoms. The maximum atomic E-state index is 6.76. The molecule has 2 nitrogen and oxygen atoms in total. The van der Waals surface area contributed by atoms with E-state index in [2.05, 4.69) is 0 Å². The van der Waals surface area contributed by atoms with Crippen LogP contribution in [0, 0.1) is 35.5 Å². The summed E-state index contributed by atoms with van der Waals surface area (Å²) in [5, 5.41) is 0. The van der Waals surface area contributed by atoms with Crippen molar-refractivity contribution in [2.45, 2.75) is 49.6 Å². The average molecular weight is 218 g/mol. The highest BCUT2D eigenvalue weighted by Crippen LogP contribution is 2.72. The third-order valence-corrected chi connectivity index (χ3v) is 7.20. The van der Waals surface area contributed by atoms with Crippen LogP contribution in [-0.4, -0.2) is 11.1 Å². The molecule has 2 heteroatoms. The lowest BCUT2D eigenvalue weighted by Gasteiger charge is -2.74. The molecule has 0 aromatic heterocycles. The third-order valence-electron chi connectivity index (χ3n) is 7.20. The summed E-state index contributed by atoms with van der Waals surface area (Å²) in [5.41, 5.74) is 13.8. The van der Waals surface area contributed by atoms with Crippen molar-refractivity contribution in [1.29, 1.82) is 0 Å². The van der Waals surface area contributed by atoms with Crippen LogP contribution < -0.4 is 11.5 Å². The largest absolute Gasteiger partial charge is 0.325 e. The Morgan fingerprint density at radius 2 is 1.44 bits per heavy atom. The summed E-state index contributed by atoms with van der Waals surface area (Å²) < 4.78 is 0. The summed E-state index contributed by atoms with van der Waals surface area (Å²) in [6.45, 7) is 0. The van der Waals surface area contributed by atoms with Gasteiger partial charge >= 0.3 is 0 Å². The molecule has 7 aliphatic carbocycles. The fraction of sp³-hybridized carbons (Fsp3) is 1.00. The molecule has 6 unspecified atom stereocenters. The molecule has 7 fully saturated rings. The SMILES string of the molecule is NC12CC3C4C(C1)[C@H]1C[C@@H]3CC(N)(C1)C4C2. The van der Waals surface area contributed by atoms with Gasteiger partial charge in [0.25, 0.3) is 0 Å². The number of rotatable bonds is 0. The second-order valence-corrected chi connectivity index (χ2v) is 7.88. The zero-order valence-corrected chi connectivity index (χ0v) is 9.86. The van der Waals surface area contributed by atoms with Crippen LogP contribution >= 0.6 is 0 Å². The summed E-state index contributed by atoms with van der Waals surface area (Å²) in [4.78, 5) is 0. The minimum absolute atomic E-state index is 0.192. The van der Waals surface area contributed by atoms with E-state index in [-0.39, 0.29) is 11.1 Å². The van der Waals surface area contributed by atoms with E-state index in [1.54, 1.807) is 0 Å². The van der Waals surface area contributed by atoms with E-state index in [4.69, 9.17) is 11.5 Å². The van der Waals surface area contributed by atoms with Gasteiger partial charge in [0, 0.05) is 11.1 Å². The van der Waals surface area contributed by atoms with Crippen LogP contribution in [0.2, 0.25) is 0 Å². The Morgan fingerprint density at radius 3 is 2.06 bits per heavy atom. The summed E-state index contributed by atoms with van der Waals surface area (Å²) in [5.74, 6) is 5.62. The van der Waals surface area contributed by atoms with Crippen LogP contribution in [0.3, 0.4) is 0 Å². The van der Waals surface area contributed by atoms with Gasteiger partial charge in [0.2, 0.25) is 0 Å². The number of nitrogens with two attached hydrogens (primary N) is 2. The van der Waals surface area contributed by atoms with Gasteiger partial charge in [0.1, 0.15) is 0 Å². The Bertz CT molecular complexity index is 355. The molecular weight excluding hydrogens is 196 g/mol. The van der Waals surface area contributed by atoms with Crippen molar-refractivity contribution in [2.75, 3.05) is 0 Å². The van der Waals surface area contributed by atoms with Crippen molar-refractivity contribution >= 4 is 0 Å². The van der Waals surface area contributed by atoms with Gasteiger partial charge in [-0.3, -0.25) is 0 Å². The van der Waals surface area contributed by atoms with E-state index in [0.29, 0.717) is 0 Å². The van der Waals surface area contributed by atoms with Crippen LogP contribution in [0.15, 0.2) is 0 Å². The second kappa shape index (κ2) is 2.24. The maximum Gasteiger partial charge on any atom is 0.0191 e. The van der Waals surface area contributed by atoms with Crippen molar-refractivity contribution in [2.24, 2.45) is 47.0 Å². The Labute approximate surface area is 97.1 Å². The molecule has 0 aromatic carbocycles. The number of hydrogen-bond donors (Lipinski definition) is 2. The van der Waals surface area contributed by atoms with Gasteiger partial charge in [0.15, 0.2) is 0 Å². The predicted octanol–water partition coefficient (Wildman–Crippen LogP) is 1.49. The second-order valence-electron chi connectivity index (χ2n) is 7.88. The Kier molecular flexibility index (Phi) is 1.25. The topological polar surface area (TPSA) is 52.0 Å². The standard InChI is InChI=1S/C14H22N2/c15-13-4-9-7-1-8-3-14(16,2-7)11(6-13)12(9)10(8)5-13/h7-12H,1-6,15-16H2/t7-,8+,9?,10?,11?,12?,13?,14?. The predicted molar refractivity (Wildman–Crippen MR) is 62.5 cm³/mol. The van der Waals surface area contributed by atoms with Crippen molar-refractivity contribution < 1.29 is 0 Å². The lowest BCUT2D eigenvalue weighted by Crippen LogP contribution is -2.76. The molecule has 0 radical (unpaired) electrons. The molecule has 8 atom stereocenters. The third kappa shape index (κ3) is 0.770. The van der Waals surface area contributed by atoms with Gasteiger partial charge in [-0.05, 0) is 74.0 Å². The zero-order chi connectivity index (χ0) is 10.7. The normalized spacial score (nSPS) is 73.9. The average Bonchev–Trinajstić information content (AvgIpc) is 2.23. The Balaban J connectivity index is 1.73. The minimum atomic E-state index is 0.192. The smallest absolute Gasteiger partial charge is 0.0191 e. The van der Waals surface area contributed by atoms with E-state index in [1.807, 2.05) is 0 Å². The lowest BCUT2D eigenvalue weighted by atomic mass is 9.33. The molecule has 0 aromatic rings. The van der Waals surface area contributed by atoms with Crippen LogP contribution in [0.4, 0.5) is 0 Å². The van der Waals surface area contributed by atoms with Crippen molar-refractivity contribution in [3.05, 3.63) is 0 Å².